The number of benzene rings is 2. The third-order valence-corrected chi connectivity index (χ3v) is 4.41. The van der Waals surface area contributed by atoms with Gasteiger partial charge in [0, 0.05) is 18.1 Å². The number of carbonyl (C=O) groups is 1. The topological polar surface area (TPSA) is 54.0 Å². The Morgan fingerprint density at radius 1 is 0.889 bits per heavy atom. The Morgan fingerprint density at radius 3 is 2.41 bits per heavy atom. The van der Waals surface area contributed by atoms with E-state index in [-0.39, 0.29) is 5.91 Å². The standard InChI is InChI=1S/C22H22ClN3O/c23-19-8-4-7-18(15-19)12-14-25-22(27)21-10-9-20(16-26-21)24-13-11-17-5-2-1-3-6-17/h1-10,15-16,24H,11-14H2,(H,25,27). The van der Waals surface area contributed by atoms with E-state index in [2.05, 4.69) is 27.8 Å². The van der Waals surface area contributed by atoms with Gasteiger partial charge in [0.1, 0.15) is 5.69 Å². The number of nitrogens with zero attached hydrogens (tertiary/aromatic N) is 1. The average Bonchev–Trinajstić information content (AvgIpc) is 2.69. The number of anilines is 1. The lowest BCUT2D eigenvalue weighted by Crippen LogP contribution is -2.26. The van der Waals surface area contributed by atoms with E-state index in [1.54, 1.807) is 12.3 Å². The van der Waals surface area contributed by atoms with Gasteiger partial charge in [0.05, 0.1) is 11.9 Å². The molecule has 1 aromatic heterocycles. The Kier molecular flexibility index (Phi) is 6.83. The molecule has 0 aliphatic heterocycles. The van der Waals surface area contributed by atoms with Crippen molar-refractivity contribution in [3.63, 3.8) is 0 Å². The van der Waals surface area contributed by atoms with E-state index >= 15 is 0 Å². The molecule has 1 amide bonds. The van der Waals surface area contributed by atoms with Crippen molar-refractivity contribution in [1.29, 1.82) is 0 Å². The molecule has 0 atom stereocenters. The van der Waals surface area contributed by atoms with Gasteiger partial charge in [0.15, 0.2) is 0 Å². The van der Waals surface area contributed by atoms with Crippen molar-refractivity contribution in [3.05, 3.63) is 94.8 Å². The second-order valence-corrected chi connectivity index (χ2v) is 6.67. The maximum Gasteiger partial charge on any atom is 0.269 e. The molecule has 3 rings (SSSR count). The van der Waals surface area contributed by atoms with Crippen LogP contribution in [0.5, 0.6) is 0 Å². The molecule has 1 heterocycles. The smallest absolute Gasteiger partial charge is 0.269 e. The Balaban J connectivity index is 1.43. The number of hydrogen-bond donors (Lipinski definition) is 2. The SMILES string of the molecule is O=C(NCCc1cccc(Cl)c1)c1ccc(NCCc2ccccc2)cn1. The lowest BCUT2D eigenvalue weighted by atomic mass is 10.1. The van der Waals surface area contributed by atoms with Crippen molar-refractivity contribution >= 4 is 23.2 Å². The summed E-state index contributed by atoms with van der Waals surface area (Å²) in [4.78, 5) is 16.4. The molecule has 0 unspecified atom stereocenters. The van der Waals surface area contributed by atoms with Gasteiger partial charge in [-0.3, -0.25) is 4.79 Å². The maximum atomic E-state index is 12.2. The monoisotopic (exact) mass is 379 g/mol. The minimum Gasteiger partial charge on any atom is -0.383 e. The molecule has 5 heteroatoms. The number of carbonyl (C=O) groups excluding carboxylic acids is 1. The molecular formula is C22H22ClN3O. The van der Waals surface area contributed by atoms with Crippen LogP contribution < -0.4 is 10.6 Å². The van der Waals surface area contributed by atoms with Gasteiger partial charge in [-0.15, -0.1) is 0 Å². The Morgan fingerprint density at radius 2 is 1.67 bits per heavy atom. The van der Waals surface area contributed by atoms with Gasteiger partial charge in [-0.25, -0.2) is 4.98 Å². The molecule has 0 radical (unpaired) electrons. The van der Waals surface area contributed by atoms with Crippen LogP contribution in [0.15, 0.2) is 72.9 Å². The van der Waals surface area contributed by atoms with Crippen LogP contribution in [-0.4, -0.2) is 24.0 Å². The zero-order valence-electron chi connectivity index (χ0n) is 15.0. The Bertz CT molecular complexity index is 866. The molecule has 2 N–H and O–H groups in total. The quantitative estimate of drug-likeness (QED) is 0.611. The second kappa shape index (κ2) is 9.74. The van der Waals surface area contributed by atoms with E-state index in [0.29, 0.717) is 17.3 Å². The highest BCUT2D eigenvalue weighted by molar-refractivity contribution is 6.30. The van der Waals surface area contributed by atoms with Gasteiger partial charge in [0.25, 0.3) is 5.91 Å². The van der Waals surface area contributed by atoms with Crippen LogP contribution in [0.4, 0.5) is 5.69 Å². The lowest BCUT2D eigenvalue weighted by Gasteiger charge is -2.08. The zero-order valence-corrected chi connectivity index (χ0v) is 15.7. The first-order valence-electron chi connectivity index (χ1n) is 8.97. The van der Waals surface area contributed by atoms with Crippen LogP contribution in [0.1, 0.15) is 21.6 Å². The van der Waals surface area contributed by atoms with Crippen LogP contribution in [0.3, 0.4) is 0 Å². The predicted molar refractivity (Wildman–Crippen MR) is 110 cm³/mol. The molecule has 3 aromatic rings. The lowest BCUT2D eigenvalue weighted by molar-refractivity contribution is 0.0949. The summed E-state index contributed by atoms with van der Waals surface area (Å²) < 4.78 is 0. The molecule has 0 aliphatic carbocycles. The number of aromatic nitrogens is 1. The first-order valence-corrected chi connectivity index (χ1v) is 9.35. The first-order chi connectivity index (χ1) is 13.2. The summed E-state index contributed by atoms with van der Waals surface area (Å²) in [5.74, 6) is -0.173. The van der Waals surface area contributed by atoms with E-state index < -0.39 is 0 Å². The summed E-state index contributed by atoms with van der Waals surface area (Å²) in [5, 5.41) is 6.91. The molecule has 0 saturated heterocycles. The maximum absolute atomic E-state index is 12.2. The van der Waals surface area contributed by atoms with Crippen LogP contribution in [0.25, 0.3) is 0 Å². The van der Waals surface area contributed by atoms with E-state index in [9.17, 15) is 4.79 Å². The molecule has 138 valence electrons. The largest absolute Gasteiger partial charge is 0.383 e. The molecule has 0 spiro atoms. The number of amides is 1. The second-order valence-electron chi connectivity index (χ2n) is 6.23. The van der Waals surface area contributed by atoms with Crippen LogP contribution in [-0.2, 0) is 12.8 Å². The highest BCUT2D eigenvalue weighted by atomic mass is 35.5. The third-order valence-electron chi connectivity index (χ3n) is 4.17. The fraction of sp³-hybridized carbons (Fsp3) is 0.182. The molecule has 27 heavy (non-hydrogen) atoms. The number of nitrogens with one attached hydrogen (secondary N) is 2. The summed E-state index contributed by atoms with van der Waals surface area (Å²) in [5.41, 5.74) is 3.69. The van der Waals surface area contributed by atoms with Crippen LogP contribution in [0.2, 0.25) is 5.02 Å². The molecule has 0 saturated carbocycles. The van der Waals surface area contributed by atoms with Gasteiger partial charge in [-0.2, -0.15) is 0 Å². The van der Waals surface area contributed by atoms with E-state index in [1.165, 1.54) is 5.56 Å². The normalized spacial score (nSPS) is 10.4. The highest BCUT2D eigenvalue weighted by Gasteiger charge is 2.06. The molecule has 0 bridgehead atoms. The fourth-order valence-electron chi connectivity index (χ4n) is 2.73. The summed E-state index contributed by atoms with van der Waals surface area (Å²) >= 11 is 5.96. The average molecular weight is 380 g/mol. The molecule has 2 aromatic carbocycles. The molecular weight excluding hydrogens is 358 g/mol. The van der Waals surface area contributed by atoms with Gasteiger partial charge in [-0.05, 0) is 48.2 Å². The van der Waals surface area contributed by atoms with Gasteiger partial charge >= 0.3 is 0 Å². The molecule has 0 fully saturated rings. The summed E-state index contributed by atoms with van der Waals surface area (Å²) in [6, 6.07) is 21.6. The number of rotatable bonds is 8. The molecule has 4 nitrogen and oxygen atoms in total. The Labute approximate surface area is 164 Å². The minimum atomic E-state index is -0.173. The van der Waals surface area contributed by atoms with Gasteiger partial charge < -0.3 is 10.6 Å². The van der Waals surface area contributed by atoms with Crippen molar-refractivity contribution in [2.45, 2.75) is 12.8 Å². The van der Waals surface area contributed by atoms with Crippen molar-refractivity contribution in [2.75, 3.05) is 18.4 Å². The van der Waals surface area contributed by atoms with Crippen LogP contribution >= 0.6 is 11.6 Å². The number of halogens is 1. The van der Waals surface area contributed by atoms with Gasteiger partial charge in [0.2, 0.25) is 0 Å². The highest BCUT2D eigenvalue weighted by Crippen LogP contribution is 2.11. The van der Waals surface area contributed by atoms with E-state index in [4.69, 9.17) is 11.6 Å². The fourth-order valence-corrected chi connectivity index (χ4v) is 2.94. The number of pyridine rings is 1. The third kappa shape index (κ3) is 6.12. The van der Waals surface area contributed by atoms with Crippen molar-refractivity contribution in [3.8, 4) is 0 Å². The predicted octanol–water partition coefficient (Wildman–Crippen LogP) is 4.36. The van der Waals surface area contributed by atoms with Gasteiger partial charge in [-0.1, -0.05) is 54.1 Å². The minimum absolute atomic E-state index is 0.173. The summed E-state index contributed by atoms with van der Waals surface area (Å²) in [6.07, 6.45) is 3.36. The summed E-state index contributed by atoms with van der Waals surface area (Å²) in [7, 11) is 0. The first kappa shape index (κ1) is 18.9. The van der Waals surface area contributed by atoms with Crippen molar-refractivity contribution in [1.82, 2.24) is 10.3 Å². The van der Waals surface area contributed by atoms with Crippen molar-refractivity contribution in [2.24, 2.45) is 0 Å². The zero-order chi connectivity index (χ0) is 18.9. The van der Waals surface area contributed by atoms with E-state index in [0.717, 1.165) is 30.6 Å². The van der Waals surface area contributed by atoms with E-state index in [1.807, 2.05) is 48.5 Å². The summed E-state index contributed by atoms with van der Waals surface area (Å²) in [6.45, 7) is 1.36. The Hall–Kier alpha value is -2.85. The van der Waals surface area contributed by atoms with Crippen LogP contribution in [0, 0.1) is 0 Å². The number of hydrogen-bond acceptors (Lipinski definition) is 3. The van der Waals surface area contributed by atoms with Crippen molar-refractivity contribution < 1.29 is 4.79 Å². The molecule has 0 aliphatic rings.